The number of benzene rings is 3. The van der Waals surface area contributed by atoms with E-state index in [2.05, 4.69) is 33.4 Å². The Labute approximate surface area is 306 Å². The quantitative estimate of drug-likeness (QED) is 0.0688. The van der Waals surface area contributed by atoms with Crippen molar-refractivity contribution in [1.29, 1.82) is 0 Å². The number of nitrogens with zero attached hydrogens (tertiary/aromatic N) is 2. The van der Waals surface area contributed by atoms with Gasteiger partial charge in [-0.3, -0.25) is 9.69 Å². The van der Waals surface area contributed by atoms with E-state index in [1.165, 1.54) is 12.1 Å². The number of phenols is 1. The van der Waals surface area contributed by atoms with E-state index in [0.717, 1.165) is 106 Å². The lowest BCUT2D eigenvalue weighted by molar-refractivity contribution is -0.000812. The number of phenolic OH excluding ortho intramolecular Hbond substituents is 1. The van der Waals surface area contributed by atoms with Crippen LogP contribution in [0.25, 0.3) is 10.9 Å². The summed E-state index contributed by atoms with van der Waals surface area (Å²) in [7, 11) is 0. The van der Waals surface area contributed by atoms with Gasteiger partial charge in [0.15, 0.2) is 0 Å². The average molecular weight is 711 g/mol. The molecule has 1 aromatic heterocycles. The molecular formula is C42H54N4O6. The molecule has 3 fully saturated rings. The molecule has 3 saturated heterocycles. The summed E-state index contributed by atoms with van der Waals surface area (Å²) in [6.07, 6.45) is 8.14. The fourth-order valence-electron chi connectivity index (χ4n) is 8.10. The van der Waals surface area contributed by atoms with E-state index >= 15 is 0 Å². The van der Waals surface area contributed by atoms with E-state index < -0.39 is 18.2 Å². The summed E-state index contributed by atoms with van der Waals surface area (Å²) in [5.74, 6) is 1.20. The smallest absolute Gasteiger partial charge is 0.408 e. The van der Waals surface area contributed by atoms with Gasteiger partial charge in [-0.25, -0.2) is 4.79 Å². The molecule has 278 valence electrons. The van der Waals surface area contributed by atoms with Crippen LogP contribution < -0.4 is 15.6 Å². The fourth-order valence-corrected chi connectivity index (χ4v) is 8.10. The molecule has 10 heteroatoms. The average Bonchev–Trinajstić information content (AvgIpc) is 3.16. The van der Waals surface area contributed by atoms with E-state index in [0.29, 0.717) is 35.5 Å². The minimum absolute atomic E-state index is 0.0118. The van der Waals surface area contributed by atoms with E-state index in [1.807, 2.05) is 37.3 Å². The van der Waals surface area contributed by atoms with Gasteiger partial charge in [-0.15, -0.1) is 0 Å². The Morgan fingerprint density at radius 3 is 2.38 bits per heavy atom. The van der Waals surface area contributed by atoms with Crippen molar-refractivity contribution in [2.75, 3.05) is 39.3 Å². The van der Waals surface area contributed by atoms with Gasteiger partial charge < -0.3 is 35.3 Å². The van der Waals surface area contributed by atoms with E-state index in [9.17, 15) is 24.9 Å². The van der Waals surface area contributed by atoms with Crippen LogP contribution in [0.3, 0.4) is 0 Å². The zero-order valence-corrected chi connectivity index (χ0v) is 30.3. The highest BCUT2D eigenvalue weighted by molar-refractivity contribution is 5.87. The molecule has 0 saturated carbocycles. The van der Waals surface area contributed by atoms with Gasteiger partial charge in [0.1, 0.15) is 11.5 Å². The number of nitrogens with one attached hydrogen (secondary N) is 2. The van der Waals surface area contributed by atoms with Gasteiger partial charge >= 0.3 is 6.09 Å². The van der Waals surface area contributed by atoms with Gasteiger partial charge in [-0.1, -0.05) is 80.6 Å². The Morgan fingerprint density at radius 1 is 0.942 bits per heavy atom. The number of aromatic amines is 1. The Morgan fingerprint density at radius 2 is 1.67 bits per heavy atom. The van der Waals surface area contributed by atoms with Gasteiger partial charge in [0.25, 0.3) is 0 Å². The monoisotopic (exact) mass is 710 g/mol. The molecule has 2 bridgehead atoms. The highest BCUT2D eigenvalue weighted by Crippen LogP contribution is 2.39. The number of ether oxygens (including phenoxy) is 1. The number of carboxylic acid groups (broad SMARTS) is 1. The number of pyridine rings is 1. The van der Waals surface area contributed by atoms with Crippen molar-refractivity contribution >= 4 is 17.0 Å². The van der Waals surface area contributed by atoms with Gasteiger partial charge in [-0.2, -0.15) is 0 Å². The molecule has 1 amide bonds. The largest absolute Gasteiger partial charge is 0.506 e. The van der Waals surface area contributed by atoms with Crippen LogP contribution >= 0.6 is 0 Å². The summed E-state index contributed by atoms with van der Waals surface area (Å²) in [6.45, 7) is 6.79. The molecular weight excluding hydrogens is 656 g/mol. The second kappa shape index (κ2) is 17.9. The highest BCUT2D eigenvalue weighted by atomic mass is 16.5. The fraction of sp³-hybridized carbons (Fsp3) is 0.476. The number of fused-ring (bicyclic) bond motifs is 4. The molecule has 3 aromatic carbocycles. The lowest BCUT2D eigenvalue weighted by Crippen LogP contribution is -2.59. The second-order valence-corrected chi connectivity index (χ2v) is 14.6. The molecule has 7 rings (SSSR count). The predicted molar refractivity (Wildman–Crippen MR) is 204 cm³/mol. The van der Waals surface area contributed by atoms with Crippen LogP contribution in [0.1, 0.15) is 92.2 Å². The lowest BCUT2D eigenvalue weighted by atomic mass is 9.81. The summed E-state index contributed by atoms with van der Waals surface area (Å²) < 4.78 is 6.33. The summed E-state index contributed by atoms with van der Waals surface area (Å²) in [5.41, 5.74) is 3.69. The Kier molecular flexibility index (Phi) is 12.9. The standard InChI is InChI=1S/C42H54N4O6/c1-29-14-15-32(41(31-12-8-7-9-13-31)46(42(50)51)35-28-45-23-20-30(35)21-24-45)26-38(29)52-25-11-6-4-2-3-5-10-22-43-27-37(48)33-16-18-36(47)40-34(33)17-19-39(49)44-40/h7-9,12-19,26,30,35,37,41,43,47-48H,2-6,10-11,20-25,27-28H2,1H3,(H,44,49)(H,50,51). The van der Waals surface area contributed by atoms with E-state index in [4.69, 9.17) is 4.74 Å². The molecule has 3 atom stereocenters. The van der Waals surface area contributed by atoms with Crippen LogP contribution in [-0.2, 0) is 0 Å². The molecule has 4 aromatic rings. The second-order valence-electron chi connectivity index (χ2n) is 14.6. The number of hydrogen-bond acceptors (Lipinski definition) is 7. The van der Waals surface area contributed by atoms with Crippen LogP contribution in [0, 0.1) is 12.8 Å². The molecule has 3 aliphatic heterocycles. The van der Waals surface area contributed by atoms with E-state index in [1.54, 1.807) is 17.0 Å². The maximum atomic E-state index is 13.0. The molecule has 5 N–H and O–H groups in total. The van der Waals surface area contributed by atoms with Crippen LogP contribution in [0.5, 0.6) is 11.5 Å². The zero-order valence-electron chi connectivity index (χ0n) is 30.3. The molecule has 3 aliphatic rings. The van der Waals surface area contributed by atoms with Gasteiger partial charge in [0, 0.05) is 24.5 Å². The first-order chi connectivity index (χ1) is 25.3. The van der Waals surface area contributed by atoms with Gasteiger partial charge in [0.2, 0.25) is 5.56 Å². The predicted octanol–water partition coefficient (Wildman–Crippen LogP) is 7.14. The van der Waals surface area contributed by atoms with Crippen molar-refractivity contribution < 1.29 is 24.9 Å². The molecule has 4 heterocycles. The number of hydrogen-bond donors (Lipinski definition) is 5. The maximum absolute atomic E-state index is 13.0. The number of rotatable bonds is 18. The Bertz CT molecular complexity index is 1820. The lowest BCUT2D eigenvalue weighted by Gasteiger charge is -2.50. The Balaban J connectivity index is 0.922. The first-order valence-corrected chi connectivity index (χ1v) is 19.1. The van der Waals surface area contributed by atoms with Gasteiger partial charge in [0.05, 0.1) is 30.3 Å². The maximum Gasteiger partial charge on any atom is 0.408 e. The third-order valence-electron chi connectivity index (χ3n) is 11.0. The van der Waals surface area contributed by atoms with Crippen LogP contribution in [0.2, 0.25) is 0 Å². The number of carbonyl (C=O) groups is 1. The summed E-state index contributed by atoms with van der Waals surface area (Å²) in [5, 5.41) is 35.4. The molecule has 0 aliphatic carbocycles. The third-order valence-corrected chi connectivity index (χ3v) is 11.0. The van der Waals surface area contributed by atoms with Crippen molar-refractivity contribution in [3.63, 3.8) is 0 Å². The van der Waals surface area contributed by atoms with Crippen molar-refractivity contribution in [1.82, 2.24) is 20.1 Å². The number of aromatic hydroxyl groups is 1. The summed E-state index contributed by atoms with van der Waals surface area (Å²) in [4.78, 5) is 31.4. The number of amides is 1. The number of aliphatic hydroxyl groups is 1. The third kappa shape index (κ3) is 9.15. The normalized spacial score (nSPS) is 19.4. The number of H-pyrrole nitrogens is 1. The number of piperidine rings is 3. The van der Waals surface area contributed by atoms with Crippen molar-refractivity contribution in [3.8, 4) is 11.5 Å². The van der Waals surface area contributed by atoms with Crippen LogP contribution in [-0.4, -0.2) is 81.6 Å². The topological polar surface area (TPSA) is 138 Å². The number of aromatic nitrogens is 1. The first-order valence-electron chi connectivity index (χ1n) is 19.1. The number of aliphatic hydroxyl groups excluding tert-OH is 1. The minimum atomic E-state index is -0.870. The first kappa shape index (κ1) is 37.4. The Hall–Kier alpha value is -4.38. The zero-order chi connectivity index (χ0) is 36.5. The molecule has 3 unspecified atom stereocenters. The molecule has 52 heavy (non-hydrogen) atoms. The molecule has 0 spiro atoms. The SMILES string of the molecule is Cc1ccc(C(c2ccccc2)N(C(=O)O)C2CN3CCC2CC3)cc1OCCCCCCCCCNCC(O)c1ccc(O)c2[nH]c(=O)ccc12. The van der Waals surface area contributed by atoms with Crippen molar-refractivity contribution in [3.05, 3.63) is 105 Å². The summed E-state index contributed by atoms with van der Waals surface area (Å²) >= 11 is 0. The van der Waals surface area contributed by atoms with Gasteiger partial charge in [-0.05, 0) is 98.6 Å². The molecule has 0 radical (unpaired) electrons. The van der Waals surface area contributed by atoms with Crippen LogP contribution in [0.15, 0.2) is 77.6 Å². The highest BCUT2D eigenvalue weighted by Gasteiger charge is 2.43. The number of aryl methyl sites for hydroxylation is 1. The molecule has 10 nitrogen and oxygen atoms in total. The van der Waals surface area contributed by atoms with E-state index in [-0.39, 0.29) is 17.4 Å². The summed E-state index contributed by atoms with van der Waals surface area (Å²) in [6, 6.07) is 22.0. The van der Waals surface area contributed by atoms with Crippen molar-refractivity contribution in [2.45, 2.75) is 82.9 Å². The van der Waals surface area contributed by atoms with Crippen molar-refractivity contribution in [2.24, 2.45) is 5.92 Å². The number of unbranched alkanes of at least 4 members (excludes halogenated alkanes) is 6. The minimum Gasteiger partial charge on any atom is -0.506 e. The van der Waals surface area contributed by atoms with Crippen LogP contribution in [0.4, 0.5) is 4.79 Å².